The summed E-state index contributed by atoms with van der Waals surface area (Å²) < 4.78 is 128. The van der Waals surface area contributed by atoms with Crippen LogP contribution in [0.3, 0.4) is 0 Å². The Hall–Kier alpha value is -1.69. The smallest absolute Gasteiger partial charge is 0.460 e. The first kappa shape index (κ1) is 30.3. The lowest BCUT2D eigenvalue weighted by molar-refractivity contribution is -0.397. The number of hydrogen-bond acceptors (Lipinski definition) is 4. The highest BCUT2D eigenvalue weighted by Crippen LogP contribution is 2.55. The molecule has 190 valence electrons. The third kappa shape index (κ3) is 6.43. The Morgan fingerprint density at radius 3 is 1.47 bits per heavy atom. The molecule has 0 fully saturated rings. The van der Waals surface area contributed by atoms with Crippen LogP contribution in [0.2, 0.25) is 0 Å². The second kappa shape index (κ2) is 11.4. The van der Waals surface area contributed by atoms with Gasteiger partial charge in [-0.2, -0.15) is 39.5 Å². The van der Waals surface area contributed by atoms with Gasteiger partial charge in [-0.25, -0.2) is 0 Å². The standard InChI is InChI=1S/C19H27F9O4/c1-4-7-8-9-10-15(13(29)31-5-2,14(30)32-6-3)11-12-16(20,21)17(22,23)18(24,25)19(26,27)28/h4-12H2,1-3H3. The van der Waals surface area contributed by atoms with Crippen molar-refractivity contribution in [3.05, 3.63) is 0 Å². The molecule has 0 radical (unpaired) electrons. The zero-order valence-electron chi connectivity index (χ0n) is 17.9. The molecule has 32 heavy (non-hydrogen) atoms. The molecule has 0 aliphatic heterocycles. The third-order valence-electron chi connectivity index (χ3n) is 4.86. The number of carbonyl (C=O) groups is 2. The number of esters is 2. The van der Waals surface area contributed by atoms with Crippen LogP contribution in [0.1, 0.15) is 65.7 Å². The molecule has 0 saturated carbocycles. The second-order valence-electron chi connectivity index (χ2n) is 7.18. The van der Waals surface area contributed by atoms with Crippen molar-refractivity contribution in [1.29, 1.82) is 0 Å². The van der Waals surface area contributed by atoms with E-state index in [1.54, 1.807) is 0 Å². The largest absolute Gasteiger partial charge is 0.465 e. The van der Waals surface area contributed by atoms with E-state index < -0.39 is 60.6 Å². The van der Waals surface area contributed by atoms with Gasteiger partial charge in [0, 0.05) is 6.42 Å². The summed E-state index contributed by atoms with van der Waals surface area (Å²) in [5.74, 6) is -22.6. The molecule has 0 bridgehead atoms. The minimum Gasteiger partial charge on any atom is -0.465 e. The van der Waals surface area contributed by atoms with Gasteiger partial charge in [0.2, 0.25) is 0 Å². The topological polar surface area (TPSA) is 52.6 Å². The van der Waals surface area contributed by atoms with E-state index in [1.165, 1.54) is 13.8 Å². The fraction of sp³-hybridized carbons (Fsp3) is 0.895. The van der Waals surface area contributed by atoms with Crippen molar-refractivity contribution < 1.29 is 58.6 Å². The predicted molar refractivity (Wildman–Crippen MR) is 94.6 cm³/mol. The molecule has 4 nitrogen and oxygen atoms in total. The number of ether oxygens (including phenoxy) is 2. The second-order valence-corrected chi connectivity index (χ2v) is 7.18. The fourth-order valence-electron chi connectivity index (χ4n) is 2.94. The number of alkyl halides is 9. The van der Waals surface area contributed by atoms with Crippen LogP contribution < -0.4 is 0 Å². The molecule has 0 saturated heterocycles. The highest BCUT2D eigenvalue weighted by atomic mass is 19.4. The van der Waals surface area contributed by atoms with E-state index in [4.69, 9.17) is 9.47 Å². The summed E-state index contributed by atoms with van der Waals surface area (Å²) in [6, 6.07) is 0. The Kier molecular flexibility index (Phi) is 10.8. The summed E-state index contributed by atoms with van der Waals surface area (Å²) in [5, 5.41) is 0. The van der Waals surface area contributed by atoms with Gasteiger partial charge in [0.1, 0.15) is 0 Å². The van der Waals surface area contributed by atoms with Gasteiger partial charge in [-0.05, 0) is 26.7 Å². The molecule has 0 amide bonds. The highest BCUT2D eigenvalue weighted by Gasteiger charge is 2.81. The van der Waals surface area contributed by atoms with Crippen LogP contribution in [0, 0.1) is 5.41 Å². The molecule has 0 aromatic carbocycles. The first-order valence-electron chi connectivity index (χ1n) is 10.0. The molecule has 0 aliphatic rings. The van der Waals surface area contributed by atoms with E-state index >= 15 is 0 Å². The third-order valence-corrected chi connectivity index (χ3v) is 4.86. The number of carbonyl (C=O) groups excluding carboxylic acids is 2. The van der Waals surface area contributed by atoms with Crippen molar-refractivity contribution in [2.24, 2.45) is 5.41 Å². The van der Waals surface area contributed by atoms with Crippen LogP contribution in [0.5, 0.6) is 0 Å². The van der Waals surface area contributed by atoms with Gasteiger partial charge in [-0.3, -0.25) is 9.59 Å². The van der Waals surface area contributed by atoms with Crippen LogP contribution >= 0.6 is 0 Å². The fourth-order valence-corrected chi connectivity index (χ4v) is 2.94. The minimum absolute atomic E-state index is 0.0617. The number of halogens is 9. The molecule has 0 heterocycles. The Balaban J connectivity index is 6.11. The molecule has 0 aliphatic carbocycles. The van der Waals surface area contributed by atoms with Crippen molar-refractivity contribution in [2.45, 2.75) is 89.7 Å². The Labute approximate surface area is 179 Å². The molecular formula is C19H27F9O4. The van der Waals surface area contributed by atoms with Crippen LogP contribution in [0.25, 0.3) is 0 Å². The van der Waals surface area contributed by atoms with Gasteiger partial charge < -0.3 is 9.47 Å². The normalized spacial score (nSPS) is 13.8. The predicted octanol–water partition coefficient (Wildman–Crippen LogP) is 6.32. The van der Waals surface area contributed by atoms with E-state index in [-0.39, 0.29) is 19.6 Å². The van der Waals surface area contributed by atoms with E-state index in [2.05, 4.69) is 0 Å². The van der Waals surface area contributed by atoms with Gasteiger partial charge >= 0.3 is 35.9 Å². The Morgan fingerprint density at radius 2 is 1.09 bits per heavy atom. The lowest BCUT2D eigenvalue weighted by Gasteiger charge is -2.36. The van der Waals surface area contributed by atoms with E-state index in [1.807, 2.05) is 6.92 Å². The molecule has 0 N–H and O–H groups in total. The van der Waals surface area contributed by atoms with Gasteiger partial charge in [-0.15, -0.1) is 0 Å². The molecule has 0 atom stereocenters. The van der Waals surface area contributed by atoms with Gasteiger partial charge in [-0.1, -0.05) is 32.6 Å². The Bertz CT molecular complexity index is 600. The molecule has 0 aromatic heterocycles. The monoisotopic (exact) mass is 490 g/mol. The van der Waals surface area contributed by atoms with E-state index in [0.29, 0.717) is 19.3 Å². The zero-order chi connectivity index (χ0) is 25.4. The first-order chi connectivity index (χ1) is 14.5. The van der Waals surface area contributed by atoms with Gasteiger partial charge in [0.05, 0.1) is 13.2 Å². The van der Waals surface area contributed by atoms with Crippen molar-refractivity contribution in [2.75, 3.05) is 13.2 Å². The summed E-state index contributed by atoms with van der Waals surface area (Å²) in [4.78, 5) is 25.0. The first-order valence-corrected chi connectivity index (χ1v) is 10.0. The van der Waals surface area contributed by atoms with E-state index in [9.17, 15) is 49.1 Å². The SMILES string of the molecule is CCCCCCC(CCC(F)(F)C(F)(F)C(F)(F)C(F)(F)F)(C(=O)OCC)C(=O)OCC. The number of unbranched alkanes of at least 4 members (excludes halogenated alkanes) is 3. The minimum atomic E-state index is -7.05. The maximum atomic E-state index is 14.1. The van der Waals surface area contributed by atoms with Crippen LogP contribution in [0.15, 0.2) is 0 Å². The molecule has 0 rings (SSSR count). The molecule has 0 spiro atoms. The lowest BCUT2D eigenvalue weighted by Crippen LogP contribution is -2.61. The lowest BCUT2D eigenvalue weighted by atomic mass is 9.76. The summed E-state index contributed by atoms with van der Waals surface area (Å²) in [6.07, 6.45) is -9.50. The number of rotatable bonds is 14. The zero-order valence-corrected chi connectivity index (χ0v) is 17.9. The van der Waals surface area contributed by atoms with E-state index in [0.717, 1.165) is 0 Å². The average Bonchev–Trinajstić information content (AvgIpc) is 2.66. The van der Waals surface area contributed by atoms with Crippen LogP contribution in [-0.2, 0) is 19.1 Å². The summed E-state index contributed by atoms with van der Waals surface area (Å²) in [7, 11) is 0. The summed E-state index contributed by atoms with van der Waals surface area (Å²) >= 11 is 0. The van der Waals surface area contributed by atoms with Gasteiger partial charge in [0.15, 0.2) is 5.41 Å². The summed E-state index contributed by atoms with van der Waals surface area (Å²) in [5.41, 5.74) is -2.56. The van der Waals surface area contributed by atoms with Crippen LogP contribution in [-0.4, -0.2) is 49.1 Å². The highest BCUT2D eigenvalue weighted by molar-refractivity contribution is 6.00. The molecule has 13 heteroatoms. The number of hydrogen-bond donors (Lipinski definition) is 0. The maximum absolute atomic E-state index is 14.1. The molecule has 0 aromatic rings. The summed E-state index contributed by atoms with van der Waals surface area (Å²) in [6.45, 7) is 3.74. The van der Waals surface area contributed by atoms with Crippen LogP contribution in [0.4, 0.5) is 39.5 Å². The van der Waals surface area contributed by atoms with Crippen molar-refractivity contribution in [3.8, 4) is 0 Å². The maximum Gasteiger partial charge on any atom is 0.460 e. The van der Waals surface area contributed by atoms with Crippen molar-refractivity contribution >= 4 is 11.9 Å². The molecule has 0 unspecified atom stereocenters. The van der Waals surface area contributed by atoms with Crippen molar-refractivity contribution in [1.82, 2.24) is 0 Å². The van der Waals surface area contributed by atoms with Crippen molar-refractivity contribution in [3.63, 3.8) is 0 Å². The van der Waals surface area contributed by atoms with Gasteiger partial charge in [0.25, 0.3) is 0 Å². The molecular weight excluding hydrogens is 463 g/mol. The average molecular weight is 490 g/mol. The quantitative estimate of drug-likeness (QED) is 0.124. The Morgan fingerprint density at radius 1 is 0.625 bits per heavy atom.